The molecule has 8 heteroatoms. The number of carbonyl (C=O) groups is 2. The monoisotopic (exact) mass is 271 g/mol. The molecule has 0 aliphatic carbocycles. The Labute approximate surface area is 110 Å². The molecule has 0 aromatic carbocycles. The highest BCUT2D eigenvalue weighted by atomic mass is 31.1. The largest absolute Gasteiger partial charge is 0.490 e. The summed E-state index contributed by atoms with van der Waals surface area (Å²) in [6.45, 7) is 2.40. The Morgan fingerprint density at radius 3 is 2.39 bits per heavy atom. The maximum absolute atomic E-state index is 11.3. The Morgan fingerprint density at radius 1 is 1.22 bits per heavy atom. The van der Waals surface area contributed by atoms with Gasteiger partial charge in [0.2, 0.25) is 5.87 Å². The van der Waals surface area contributed by atoms with Crippen molar-refractivity contribution in [1.29, 1.82) is 0 Å². The van der Waals surface area contributed by atoms with Gasteiger partial charge >= 0.3 is 6.32 Å². The van der Waals surface area contributed by atoms with E-state index in [0.29, 0.717) is 7.17 Å². The number of rotatable bonds is 11. The summed E-state index contributed by atoms with van der Waals surface area (Å²) in [5, 5.41) is 8.45. The standard InChI is InChI=1S/C10H18B2O5P/c1-2-3-4-5-6-7-8-17-10(15)12(18-16)11-9(13)14/h2-8H2,1H3,(H,13,14). The Bertz CT molecular complexity index is 275. The first-order valence-electron chi connectivity index (χ1n) is 6.18. The summed E-state index contributed by atoms with van der Waals surface area (Å²) >= 11 is 0. The molecule has 0 aromatic rings. The van der Waals surface area contributed by atoms with Crippen molar-refractivity contribution in [1.82, 2.24) is 0 Å². The van der Waals surface area contributed by atoms with Crippen LogP contribution in [0, 0.1) is 0 Å². The molecular weight excluding hydrogens is 253 g/mol. The van der Waals surface area contributed by atoms with Crippen LogP contribution < -0.4 is 0 Å². The third kappa shape index (κ3) is 9.23. The van der Waals surface area contributed by atoms with E-state index in [9.17, 15) is 14.2 Å². The normalized spacial score (nSPS) is 10.1. The molecule has 0 amide bonds. The molecule has 1 radical (unpaired) electrons. The smallest absolute Gasteiger partial charge is 0.361 e. The topological polar surface area (TPSA) is 80.7 Å². The predicted octanol–water partition coefficient (Wildman–Crippen LogP) is 3.23. The summed E-state index contributed by atoms with van der Waals surface area (Å²) in [7, 11) is 0.125. The van der Waals surface area contributed by atoms with Crippen LogP contribution >= 0.6 is 8.34 Å². The van der Waals surface area contributed by atoms with E-state index in [4.69, 9.17) is 9.84 Å². The van der Waals surface area contributed by atoms with Gasteiger partial charge < -0.3 is 9.84 Å². The molecule has 0 aromatic heterocycles. The number of ether oxygens (including phenoxy) is 1. The van der Waals surface area contributed by atoms with Gasteiger partial charge in [0.25, 0.3) is 13.0 Å². The van der Waals surface area contributed by atoms with Crippen molar-refractivity contribution in [2.75, 3.05) is 6.61 Å². The van der Waals surface area contributed by atoms with E-state index in [1.54, 1.807) is 0 Å². The maximum atomic E-state index is 11.3. The van der Waals surface area contributed by atoms with Crippen molar-refractivity contribution in [3.63, 3.8) is 0 Å². The minimum Gasteiger partial charge on any atom is -0.490 e. The van der Waals surface area contributed by atoms with Gasteiger partial charge in [0.15, 0.2) is 0 Å². The van der Waals surface area contributed by atoms with Gasteiger partial charge in [-0.3, -0.25) is 14.2 Å². The molecule has 0 fully saturated rings. The van der Waals surface area contributed by atoms with Crippen LogP contribution in [0.5, 0.6) is 0 Å². The molecule has 0 bridgehead atoms. The van der Waals surface area contributed by atoms with E-state index in [1.807, 2.05) is 0 Å². The third-order valence-corrected chi connectivity index (χ3v) is 2.98. The quantitative estimate of drug-likeness (QED) is 0.354. The molecule has 0 aliphatic heterocycles. The maximum Gasteiger partial charge on any atom is 0.361 e. The van der Waals surface area contributed by atoms with Gasteiger partial charge in [0, 0.05) is 0 Å². The van der Waals surface area contributed by atoms with Crippen LogP contribution in [0.4, 0.5) is 9.59 Å². The summed E-state index contributed by atoms with van der Waals surface area (Å²) in [6.07, 6.45) is 5.22. The zero-order valence-corrected chi connectivity index (χ0v) is 11.5. The molecule has 18 heavy (non-hydrogen) atoms. The van der Waals surface area contributed by atoms with Crippen molar-refractivity contribution in [3.05, 3.63) is 0 Å². The Balaban J connectivity index is 3.62. The molecule has 0 saturated carbocycles. The van der Waals surface area contributed by atoms with Gasteiger partial charge in [0.05, 0.1) is 6.61 Å². The van der Waals surface area contributed by atoms with Gasteiger partial charge in [0.1, 0.15) is 8.34 Å². The minimum atomic E-state index is -1.28. The number of carbonyl (C=O) groups excluding carboxylic acids is 1. The molecule has 5 nitrogen and oxygen atoms in total. The van der Waals surface area contributed by atoms with Gasteiger partial charge in [-0.25, -0.2) is 0 Å². The van der Waals surface area contributed by atoms with E-state index in [-0.39, 0.29) is 6.61 Å². The third-order valence-electron chi connectivity index (χ3n) is 2.40. The second kappa shape index (κ2) is 11.3. The molecule has 0 saturated heterocycles. The number of unbranched alkanes of at least 4 members (excludes halogenated alkanes) is 5. The molecular formula is C10H18B2O5P. The molecule has 0 heterocycles. The molecule has 1 N–H and O–H groups in total. The second-order valence-electron chi connectivity index (χ2n) is 3.99. The molecule has 0 unspecified atom stereocenters. The number of carboxylic acid groups (broad SMARTS) is 1. The Kier molecular flexibility index (Phi) is 10.8. The summed E-state index contributed by atoms with van der Waals surface area (Å²) in [5.41, 5.74) is 0. The van der Waals surface area contributed by atoms with Gasteiger partial charge in [-0.1, -0.05) is 39.0 Å². The lowest BCUT2D eigenvalue weighted by atomic mass is 9.37. The van der Waals surface area contributed by atoms with Crippen LogP contribution in [-0.4, -0.2) is 36.9 Å². The van der Waals surface area contributed by atoms with Crippen molar-refractivity contribution >= 4 is 33.6 Å². The first-order chi connectivity index (χ1) is 8.61. The van der Waals surface area contributed by atoms with Crippen LogP contribution in [0.1, 0.15) is 45.4 Å². The Morgan fingerprint density at radius 2 is 1.83 bits per heavy atom. The zero-order valence-electron chi connectivity index (χ0n) is 10.6. The van der Waals surface area contributed by atoms with E-state index in [0.717, 1.165) is 19.3 Å². The average molecular weight is 271 g/mol. The van der Waals surface area contributed by atoms with Crippen LogP contribution in [0.2, 0.25) is 0 Å². The number of hydrogen-bond acceptors (Lipinski definition) is 4. The van der Waals surface area contributed by atoms with Crippen molar-refractivity contribution in [2.45, 2.75) is 45.4 Å². The van der Waals surface area contributed by atoms with Gasteiger partial charge in [-0.15, -0.1) is 0 Å². The van der Waals surface area contributed by atoms with Crippen LogP contribution in [-0.2, 0) is 9.30 Å². The first kappa shape index (κ1) is 17.2. The highest BCUT2D eigenvalue weighted by Gasteiger charge is 2.31. The molecule has 99 valence electrons. The van der Waals surface area contributed by atoms with Crippen LogP contribution in [0.3, 0.4) is 0 Å². The minimum absolute atomic E-state index is 0.254. The predicted molar refractivity (Wildman–Crippen MR) is 71.9 cm³/mol. The highest BCUT2D eigenvalue weighted by Crippen LogP contribution is 2.07. The lowest BCUT2D eigenvalue weighted by Crippen LogP contribution is -2.33. The van der Waals surface area contributed by atoms with Crippen LogP contribution in [0.15, 0.2) is 0 Å². The number of hydrogen-bond donors (Lipinski definition) is 1. The van der Waals surface area contributed by atoms with Gasteiger partial charge in [-0.05, 0) is 6.42 Å². The fourth-order valence-corrected chi connectivity index (χ4v) is 1.77. The van der Waals surface area contributed by atoms with E-state index < -0.39 is 26.4 Å². The second-order valence-corrected chi connectivity index (χ2v) is 4.76. The lowest BCUT2D eigenvalue weighted by Gasteiger charge is -2.05. The summed E-state index contributed by atoms with van der Waals surface area (Å²) < 4.78 is 15.5. The highest BCUT2D eigenvalue weighted by molar-refractivity contribution is 7.86. The van der Waals surface area contributed by atoms with Gasteiger partial charge in [-0.2, -0.15) is 0 Å². The van der Waals surface area contributed by atoms with E-state index in [1.165, 1.54) is 19.3 Å². The molecule has 0 spiro atoms. The fraction of sp³-hybridized carbons (Fsp3) is 0.800. The fourth-order valence-electron chi connectivity index (χ4n) is 1.42. The zero-order chi connectivity index (χ0) is 13.8. The summed E-state index contributed by atoms with van der Waals surface area (Å²) in [4.78, 5) is 21.7. The molecule has 0 aliphatic rings. The first-order valence-corrected chi connectivity index (χ1v) is 7.06. The van der Waals surface area contributed by atoms with Crippen molar-refractivity contribution < 1.29 is 24.0 Å². The van der Waals surface area contributed by atoms with E-state index >= 15 is 0 Å². The van der Waals surface area contributed by atoms with Crippen molar-refractivity contribution in [3.8, 4) is 0 Å². The Hall–Kier alpha value is -0.830. The molecule has 0 rings (SSSR count). The summed E-state index contributed by atoms with van der Waals surface area (Å²) in [5.74, 6) is -2.03. The lowest BCUT2D eigenvalue weighted by molar-refractivity contribution is 0.170. The van der Waals surface area contributed by atoms with E-state index in [2.05, 4.69) is 6.92 Å². The van der Waals surface area contributed by atoms with Crippen molar-refractivity contribution in [2.24, 2.45) is 0 Å². The average Bonchev–Trinajstić information content (AvgIpc) is 2.34. The summed E-state index contributed by atoms with van der Waals surface area (Å²) in [6, 6.07) is 0. The molecule has 0 atom stereocenters. The SMILES string of the molecule is CCCCCCCCOC(=O)B([B]C(=O)O)P=O. The van der Waals surface area contributed by atoms with Crippen LogP contribution in [0.25, 0.3) is 0 Å².